The number of nitrogens with zero attached hydrogens (tertiary/aromatic N) is 2. The lowest BCUT2D eigenvalue weighted by atomic mass is 10.1. The summed E-state index contributed by atoms with van der Waals surface area (Å²) in [6, 6.07) is 4.12. The Kier molecular flexibility index (Phi) is 3.35. The highest BCUT2D eigenvalue weighted by Gasteiger charge is 2.28. The van der Waals surface area contributed by atoms with Gasteiger partial charge in [0.1, 0.15) is 5.69 Å². The molecule has 0 spiro atoms. The molecule has 6 heteroatoms. The smallest absolute Gasteiger partial charge is 0.269 e. The molecule has 1 saturated heterocycles. The van der Waals surface area contributed by atoms with E-state index in [4.69, 9.17) is 4.74 Å². The third-order valence-electron chi connectivity index (χ3n) is 3.62. The summed E-state index contributed by atoms with van der Waals surface area (Å²) in [7, 11) is 1.61. The number of pyridine rings is 1. The third-order valence-corrected chi connectivity index (χ3v) is 3.62. The predicted octanol–water partition coefficient (Wildman–Crippen LogP) is -0.250. The molecule has 19 heavy (non-hydrogen) atoms. The van der Waals surface area contributed by atoms with Crippen LogP contribution in [-0.2, 0) is 11.3 Å². The number of nitrogens with one attached hydrogen (secondary N) is 2. The van der Waals surface area contributed by atoms with Crippen molar-refractivity contribution in [3.63, 3.8) is 0 Å². The average Bonchev–Trinajstić information content (AvgIpc) is 2.65. The minimum atomic E-state index is -0.163. The standard InChI is InChI=1S/C13H18N4O2/c1-14-13(18)10-2-3-12-11(16-10)8-19-7-9-6-15-4-5-17(9)12/h2-3,9,15H,4-8H2,1H3,(H,14,18)/t9-/m1/s1. The molecule has 0 aromatic carbocycles. The number of carbonyl (C=O) groups excluding carboxylic acids is 1. The summed E-state index contributed by atoms with van der Waals surface area (Å²) in [6.45, 7) is 4.00. The molecule has 0 bridgehead atoms. The Balaban J connectivity index is 1.96. The molecule has 1 amide bonds. The molecule has 3 heterocycles. The first-order valence-corrected chi connectivity index (χ1v) is 6.56. The van der Waals surface area contributed by atoms with Gasteiger partial charge in [-0.1, -0.05) is 0 Å². The van der Waals surface area contributed by atoms with E-state index >= 15 is 0 Å². The van der Waals surface area contributed by atoms with Crippen molar-refractivity contribution in [3.8, 4) is 0 Å². The molecule has 1 atom stereocenters. The molecule has 2 aliphatic rings. The highest BCUT2D eigenvalue weighted by atomic mass is 16.5. The Hall–Kier alpha value is -1.66. The molecule has 0 saturated carbocycles. The third kappa shape index (κ3) is 2.29. The molecular formula is C13H18N4O2. The van der Waals surface area contributed by atoms with E-state index < -0.39 is 0 Å². The molecule has 6 nitrogen and oxygen atoms in total. The zero-order chi connectivity index (χ0) is 13.2. The second-order valence-electron chi connectivity index (χ2n) is 4.81. The Morgan fingerprint density at radius 1 is 1.58 bits per heavy atom. The molecule has 1 aromatic heterocycles. The molecule has 2 aliphatic heterocycles. The van der Waals surface area contributed by atoms with E-state index in [2.05, 4.69) is 20.5 Å². The Labute approximate surface area is 112 Å². The molecule has 1 fully saturated rings. The fraction of sp³-hybridized carbons (Fsp3) is 0.538. The van der Waals surface area contributed by atoms with Crippen molar-refractivity contribution in [3.05, 3.63) is 23.5 Å². The van der Waals surface area contributed by atoms with E-state index in [0.717, 1.165) is 31.0 Å². The molecule has 0 unspecified atom stereocenters. The number of piperazine rings is 1. The summed E-state index contributed by atoms with van der Waals surface area (Å²) in [5.74, 6) is -0.163. The van der Waals surface area contributed by atoms with E-state index in [1.54, 1.807) is 13.1 Å². The lowest BCUT2D eigenvalue weighted by Crippen LogP contribution is -2.53. The fourth-order valence-electron chi connectivity index (χ4n) is 2.63. The largest absolute Gasteiger partial charge is 0.373 e. The monoisotopic (exact) mass is 262 g/mol. The first kappa shape index (κ1) is 12.4. The number of carbonyl (C=O) groups is 1. The normalized spacial score (nSPS) is 22.2. The lowest BCUT2D eigenvalue weighted by Gasteiger charge is -2.36. The fourth-order valence-corrected chi connectivity index (χ4v) is 2.63. The predicted molar refractivity (Wildman–Crippen MR) is 71.3 cm³/mol. The zero-order valence-electron chi connectivity index (χ0n) is 11.0. The number of hydrogen-bond acceptors (Lipinski definition) is 5. The Morgan fingerprint density at radius 3 is 3.32 bits per heavy atom. The van der Waals surface area contributed by atoms with Gasteiger partial charge in [0, 0.05) is 26.7 Å². The van der Waals surface area contributed by atoms with Crippen LogP contribution in [-0.4, -0.2) is 50.2 Å². The molecule has 2 N–H and O–H groups in total. The number of rotatable bonds is 1. The van der Waals surface area contributed by atoms with E-state index in [1.165, 1.54) is 0 Å². The second kappa shape index (κ2) is 5.14. The molecule has 3 rings (SSSR count). The van der Waals surface area contributed by atoms with E-state index in [-0.39, 0.29) is 5.91 Å². The van der Waals surface area contributed by atoms with Crippen LogP contribution in [0.25, 0.3) is 0 Å². The van der Waals surface area contributed by atoms with Crippen LogP contribution in [0, 0.1) is 0 Å². The SMILES string of the molecule is CNC(=O)c1ccc2c(n1)COC[C@H]1CNCCN21. The Bertz CT molecular complexity index is 492. The summed E-state index contributed by atoms with van der Waals surface area (Å²) >= 11 is 0. The van der Waals surface area contributed by atoms with Crippen molar-refractivity contribution in [2.45, 2.75) is 12.6 Å². The first-order valence-electron chi connectivity index (χ1n) is 6.56. The van der Waals surface area contributed by atoms with Gasteiger partial charge in [-0.05, 0) is 12.1 Å². The van der Waals surface area contributed by atoms with Crippen molar-refractivity contribution in [2.75, 3.05) is 38.2 Å². The average molecular weight is 262 g/mol. The van der Waals surface area contributed by atoms with Crippen LogP contribution in [0.15, 0.2) is 12.1 Å². The molecule has 102 valence electrons. The number of aromatic nitrogens is 1. The van der Waals surface area contributed by atoms with Gasteiger partial charge in [-0.2, -0.15) is 0 Å². The van der Waals surface area contributed by atoms with Crippen LogP contribution in [0.5, 0.6) is 0 Å². The van der Waals surface area contributed by atoms with Gasteiger partial charge in [0.25, 0.3) is 5.91 Å². The van der Waals surface area contributed by atoms with E-state index in [9.17, 15) is 4.79 Å². The van der Waals surface area contributed by atoms with Crippen molar-refractivity contribution in [1.82, 2.24) is 15.6 Å². The highest BCUT2D eigenvalue weighted by molar-refractivity contribution is 5.92. The molecule has 0 radical (unpaired) electrons. The molecule has 0 aliphatic carbocycles. The number of fused-ring (bicyclic) bond motifs is 3. The summed E-state index contributed by atoms with van der Waals surface area (Å²) in [5.41, 5.74) is 2.39. The van der Waals surface area contributed by atoms with Gasteiger partial charge in [0.05, 0.1) is 30.6 Å². The van der Waals surface area contributed by atoms with Crippen molar-refractivity contribution >= 4 is 11.6 Å². The number of amides is 1. The number of hydrogen-bond donors (Lipinski definition) is 2. The number of anilines is 1. The van der Waals surface area contributed by atoms with Crippen LogP contribution < -0.4 is 15.5 Å². The minimum absolute atomic E-state index is 0.163. The minimum Gasteiger partial charge on any atom is -0.373 e. The maximum atomic E-state index is 11.6. The molecule has 1 aromatic rings. The van der Waals surface area contributed by atoms with E-state index in [0.29, 0.717) is 24.9 Å². The zero-order valence-corrected chi connectivity index (χ0v) is 11.0. The van der Waals surface area contributed by atoms with Gasteiger partial charge in [0.2, 0.25) is 0 Å². The maximum absolute atomic E-state index is 11.6. The maximum Gasteiger partial charge on any atom is 0.269 e. The topological polar surface area (TPSA) is 66.5 Å². The van der Waals surface area contributed by atoms with Gasteiger partial charge >= 0.3 is 0 Å². The highest BCUT2D eigenvalue weighted by Crippen LogP contribution is 2.26. The van der Waals surface area contributed by atoms with Gasteiger partial charge < -0.3 is 20.3 Å². The van der Waals surface area contributed by atoms with Crippen molar-refractivity contribution in [1.29, 1.82) is 0 Å². The summed E-state index contributed by atoms with van der Waals surface area (Å²) in [5, 5.41) is 5.97. The lowest BCUT2D eigenvalue weighted by molar-refractivity contribution is 0.0954. The summed E-state index contributed by atoms with van der Waals surface area (Å²) < 4.78 is 5.68. The second-order valence-corrected chi connectivity index (χ2v) is 4.81. The van der Waals surface area contributed by atoms with Crippen LogP contribution in [0.3, 0.4) is 0 Å². The van der Waals surface area contributed by atoms with Crippen LogP contribution >= 0.6 is 0 Å². The van der Waals surface area contributed by atoms with Crippen molar-refractivity contribution in [2.24, 2.45) is 0 Å². The summed E-state index contributed by atoms with van der Waals surface area (Å²) in [6.07, 6.45) is 0. The van der Waals surface area contributed by atoms with Crippen LogP contribution in [0.4, 0.5) is 5.69 Å². The van der Waals surface area contributed by atoms with Crippen LogP contribution in [0.1, 0.15) is 16.2 Å². The van der Waals surface area contributed by atoms with E-state index in [1.807, 2.05) is 6.07 Å². The number of ether oxygens (including phenoxy) is 1. The first-order chi connectivity index (χ1) is 9.29. The van der Waals surface area contributed by atoms with Gasteiger partial charge in [-0.25, -0.2) is 4.98 Å². The Morgan fingerprint density at radius 2 is 2.47 bits per heavy atom. The van der Waals surface area contributed by atoms with Gasteiger partial charge in [-0.15, -0.1) is 0 Å². The van der Waals surface area contributed by atoms with Crippen molar-refractivity contribution < 1.29 is 9.53 Å². The quantitative estimate of drug-likeness (QED) is 0.730. The molecular weight excluding hydrogens is 244 g/mol. The van der Waals surface area contributed by atoms with Gasteiger partial charge in [0.15, 0.2) is 0 Å². The summed E-state index contributed by atoms with van der Waals surface area (Å²) in [4.78, 5) is 18.4. The van der Waals surface area contributed by atoms with Crippen LogP contribution in [0.2, 0.25) is 0 Å². The van der Waals surface area contributed by atoms with Gasteiger partial charge in [-0.3, -0.25) is 4.79 Å².